The van der Waals surface area contributed by atoms with Crippen LogP contribution < -0.4 is 5.32 Å². The average molecular weight is 305 g/mol. The van der Waals surface area contributed by atoms with Crippen LogP contribution in [0.4, 0.5) is 5.69 Å². The summed E-state index contributed by atoms with van der Waals surface area (Å²) in [6.45, 7) is 4.00. The fraction of sp³-hybridized carbons (Fsp3) is 0.250. The summed E-state index contributed by atoms with van der Waals surface area (Å²) in [6, 6.07) is 14.4. The molecule has 2 aromatic carbocycles. The SMILES string of the molecule is CC(N[C@H](C)c1ccccc1Cl)c1cccc([N+](=O)[O-])c1. The molecule has 0 saturated carbocycles. The Labute approximate surface area is 128 Å². The Bertz CT molecular complexity index is 646. The second-order valence-corrected chi connectivity index (χ2v) is 5.39. The highest BCUT2D eigenvalue weighted by Gasteiger charge is 2.15. The second kappa shape index (κ2) is 6.70. The van der Waals surface area contributed by atoms with Gasteiger partial charge < -0.3 is 5.32 Å². The summed E-state index contributed by atoms with van der Waals surface area (Å²) < 4.78 is 0. The maximum atomic E-state index is 10.8. The predicted molar refractivity (Wildman–Crippen MR) is 84.5 cm³/mol. The number of hydrogen-bond acceptors (Lipinski definition) is 3. The lowest BCUT2D eigenvalue weighted by Crippen LogP contribution is -2.22. The van der Waals surface area contributed by atoms with E-state index >= 15 is 0 Å². The molecule has 0 aliphatic heterocycles. The van der Waals surface area contributed by atoms with Crippen LogP contribution in [0, 0.1) is 10.1 Å². The van der Waals surface area contributed by atoms with Gasteiger partial charge in [-0.1, -0.05) is 41.9 Å². The molecule has 0 spiro atoms. The van der Waals surface area contributed by atoms with Gasteiger partial charge in [0.25, 0.3) is 5.69 Å². The summed E-state index contributed by atoms with van der Waals surface area (Å²) in [5.41, 5.74) is 1.99. The number of benzene rings is 2. The lowest BCUT2D eigenvalue weighted by molar-refractivity contribution is -0.384. The first-order chi connectivity index (χ1) is 9.99. The third-order valence-corrected chi connectivity index (χ3v) is 3.80. The van der Waals surface area contributed by atoms with Gasteiger partial charge in [-0.05, 0) is 31.0 Å². The van der Waals surface area contributed by atoms with Crippen LogP contribution in [-0.2, 0) is 0 Å². The van der Waals surface area contributed by atoms with Crippen molar-refractivity contribution in [2.45, 2.75) is 25.9 Å². The van der Waals surface area contributed by atoms with E-state index in [4.69, 9.17) is 11.6 Å². The monoisotopic (exact) mass is 304 g/mol. The van der Waals surface area contributed by atoms with Crippen molar-refractivity contribution < 1.29 is 4.92 Å². The molecule has 0 bridgehead atoms. The largest absolute Gasteiger partial charge is 0.304 e. The number of non-ortho nitro benzene ring substituents is 1. The third kappa shape index (κ3) is 3.80. The van der Waals surface area contributed by atoms with Gasteiger partial charge in [0.1, 0.15) is 0 Å². The molecule has 1 unspecified atom stereocenters. The van der Waals surface area contributed by atoms with E-state index < -0.39 is 0 Å². The molecule has 0 fully saturated rings. The Morgan fingerprint density at radius 1 is 1.10 bits per heavy atom. The van der Waals surface area contributed by atoms with Gasteiger partial charge in [0, 0.05) is 29.2 Å². The van der Waals surface area contributed by atoms with Gasteiger partial charge in [-0.3, -0.25) is 10.1 Å². The summed E-state index contributed by atoms with van der Waals surface area (Å²) >= 11 is 6.19. The molecular formula is C16H17ClN2O2. The molecule has 0 saturated heterocycles. The van der Waals surface area contributed by atoms with E-state index in [0.717, 1.165) is 11.1 Å². The average Bonchev–Trinajstić information content (AvgIpc) is 2.47. The number of hydrogen-bond donors (Lipinski definition) is 1. The van der Waals surface area contributed by atoms with Gasteiger partial charge in [-0.2, -0.15) is 0 Å². The van der Waals surface area contributed by atoms with Gasteiger partial charge in [-0.15, -0.1) is 0 Å². The summed E-state index contributed by atoms with van der Waals surface area (Å²) in [5, 5.41) is 15.0. The molecule has 0 heterocycles. The van der Waals surface area contributed by atoms with Crippen LogP contribution in [0.1, 0.15) is 37.1 Å². The third-order valence-electron chi connectivity index (χ3n) is 3.45. The lowest BCUT2D eigenvalue weighted by Gasteiger charge is -2.21. The van der Waals surface area contributed by atoms with Crippen LogP contribution in [-0.4, -0.2) is 4.92 Å². The second-order valence-electron chi connectivity index (χ2n) is 4.98. The van der Waals surface area contributed by atoms with Crippen LogP contribution in [0.5, 0.6) is 0 Å². The number of nitrogens with one attached hydrogen (secondary N) is 1. The maximum Gasteiger partial charge on any atom is 0.269 e. The number of rotatable bonds is 5. The number of nitro groups is 1. The molecule has 0 amide bonds. The summed E-state index contributed by atoms with van der Waals surface area (Å²) in [6.07, 6.45) is 0. The zero-order valence-corrected chi connectivity index (χ0v) is 12.7. The molecular weight excluding hydrogens is 288 g/mol. The molecule has 0 aromatic heterocycles. The van der Waals surface area contributed by atoms with Crippen LogP contribution in [0.2, 0.25) is 5.02 Å². The molecule has 4 nitrogen and oxygen atoms in total. The molecule has 5 heteroatoms. The van der Waals surface area contributed by atoms with Gasteiger partial charge in [0.15, 0.2) is 0 Å². The highest BCUT2D eigenvalue weighted by atomic mass is 35.5. The number of halogens is 1. The first-order valence-corrected chi connectivity index (χ1v) is 7.11. The predicted octanol–water partition coefficient (Wildman–Crippen LogP) is 4.66. The summed E-state index contributed by atoms with van der Waals surface area (Å²) in [4.78, 5) is 10.5. The van der Waals surface area contributed by atoms with Gasteiger partial charge in [0.2, 0.25) is 0 Å². The van der Waals surface area contributed by atoms with Crippen molar-refractivity contribution in [3.63, 3.8) is 0 Å². The first-order valence-electron chi connectivity index (χ1n) is 6.74. The highest BCUT2D eigenvalue weighted by molar-refractivity contribution is 6.31. The smallest absolute Gasteiger partial charge is 0.269 e. The maximum absolute atomic E-state index is 10.8. The van der Waals surface area contributed by atoms with Crippen LogP contribution in [0.3, 0.4) is 0 Å². The van der Waals surface area contributed by atoms with E-state index in [-0.39, 0.29) is 22.7 Å². The van der Waals surface area contributed by atoms with Crippen molar-refractivity contribution in [2.24, 2.45) is 0 Å². The minimum absolute atomic E-state index is 0.0174. The van der Waals surface area contributed by atoms with Crippen molar-refractivity contribution in [3.8, 4) is 0 Å². The molecule has 21 heavy (non-hydrogen) atoms. The van der Waals surface area contributed by atoms with E-state index in [1.165, 1.54) is 6.07 Å². The first kappa shape index (κ1) is 15.5. The van der Waals surface area contributed by atoms with Crippen LogP contribution >= 0.6 is 11.6 Å². The minimum atomic E-state index is -0.381. The van der Waals surface area contributed by atoms with E-state index in [1.54, 1.807) is 12.1 Å². The summed E-state index contributed by atoms with van der Waals surface area (Å²) in [7, 11) is 0. The lowest BCUT2D eigenvalue weighted by atomic mass is 10.0. The van der Waals surface area contributed by atoms with Crippen LogP contribution in [0.15, 0.2) is 48.5 Å². The van der Waals surface area contributed by atoms with Crippen molar-refractivity contribution >= 4 is 17.3 Å². The van der Waals surface area contributed by atoms with Crippen molar-refractivity contribution in [2.75, 3.05) is 0 Å². The standard InChI is InChI=1S/C16H17ClN2O2/c1-11(13-6-5-7-14(10-13)19(20)21)18-12(2)15-8-3-4-9-16(15)17/h3-12,18H,1-2H3/t11?,12-/m1/s1. The molecule has 2 rings (SSSR count). The summed E-state index contributed by atoms with van der Waals surface area (Å²) in [5.74, 6) is 0. The van der Waals surface area contributed by atoms with Gasteiger partial charge >= 0.3 is 0 Å². The van der Waals surface area contributed by atoms with E-state index in [9.17, 15) is 10.1 Å². The Balaban J connectivity index is 2.14. The fourth-order valence-electron chi connectivity index (χ4n) is 2.29. The molecule has 2 atom stereocenters. The topological polar surface area (TPSA) is 55.2 Å². The Morgan fingerprint density at radius 3 is 2.48 bits per heavy atom. The minimum Gasteiger partial charge on any atom is -0.304 e. The molecule has 1 N–H and O–H groups in total. The van der Waals surface area contributed by atoms with Gasteiger partial charge in [0.05, 0.1) is 4.92 Å². The molecule has 0 aliphatic rings. The normalized spacial score (nSPS) is 13.7. The highest BCUT2D eigenvalue weighted by Crippen LogP contribution is 2.26. The van der Waals surface area contributed by atoms with E-state index in [2.05, 4.69) is 5.32 Å². The fourth-order valence-corrected chi connectivity index (χ4v) is 2.59. The van der Waals surface area contributed by atoms with Crippen molar-refractivity contribution in [3.05, 3.63) is 74.8 Å². The zero-order valence-electron chi connectivity index (χ0n) is 11.9. The number of nitrogens with zero attached hydrogens (tertiary/aromatic N) is 1. The Hall–Kier alpha value is -1.91. The Kier molecular flexibility index (Phi) is 4.94. The molecule has 2 aromatic rings. The van der Waals surface area contributed by atoms with E-state index in [1.807, 2.05) is 44.2 Å². The quantitative estimate of drug-likeness (QED) is 0.645. The van der Waals surface area contributed by atoms with E-state index in [0.29, 0.717) is 5.02 Å². The molecule has 110 valence electrons. The zero-order chi connectivity index (χ0) is 15.4. The van der Waals surface area contributed by atoms with Gasteiger partial charge in [-0.25, -0.2) is 0 Å². The Morgan fingerprint density at radius 2 is 1.81 bits per heavy atom. The molecule has 0 radical (unpaired) electrons. The number of nitro benzene ring substituents is 1. The van der Waals surface area contributed by atoms with Crippen LogP contribution in [0.25, 0.3) is 0 Å². The van der Waals surface area contributed by atoms with Crippen molar-refractivity contribution in [1.82, 2.24) is 5.32 Å². The van der Waals surface area contributed by atoms with Crippen molar-refractivity contribution in [1.29, 1.82) is 0 Å². The molecule has 0 aliphatic carbocycles.